The van der Waals surface area contributed by atoms with Gasteiger partial charge in [0, 0.05) is 32.9 Å². The van der Waals surface area contributed by atoms with Gasteiger partial charge >= 0.3 is 0 Å². The molecule has 4 nitrogen and oxygen atoms in total. The third-order valence-electron chi connectivity index (χ3n) is 3.16. The van der Waals surface area contributed by atoms with Crippen LogP contribution in [0.15, 0.2) is 18.2 Å². The molecule has 0 aromatic heterocycles. The summed E-state index contributed by atoms with van der Waals surface area (Å²) in [5.74, 6) is 0.121. The number of anilines is 1. The van der Waals surface area contributed by atoms with Crippen molar-refractivity contribution in [3.63, 3.8) is 0 Å². The number of nitrogens with zero attached hydrogens (tertiary/aromatic N) is 2. The van der Waals surface area contributed by atoms with Crippen LogP contribution in [0, 0.1) is 6.92 Å². The minimum atomic E-state index is 0.121. The van der Waals surface area contributed by atoms with Crippen LogP contribution in [0.2, 0.25) is 0 Å². The molecule has 0 unspecified atom stereocenters. The maximum absolute atomic E-state index is 11.9. The van der Waals surface area contributed by atoms with Crippen LogP contribution >= 0.6 is 0 Å². The Balaban J connectivity index is 2.95. The predicted octanol–water partition coefficient (Wildman–Crippen LogP) is 1.76. The lowest BCUT2D eigenvalue weighted by Crippen LogP contribution is -2.37. The van der Waals surface area contributed by atoms with Gasteiger partial charge in [-0.2, -0.15) is 0 Å². The summed E-state index contributed by atoms with van der Waals surface area (Å²) in [5, 5.41) is 0. The predicted molar refractivity (Wildman–Crippen MR) is 80.3 cm³/mol. The quantitative estimate of drug-likeness (QED) is 0.851. The number of hydrogen-bond acceptors (Lipinski definition) is 3. The second-order valence-corrected chi connectivity index (χ2v) is 5.03. The molecule has 0 spiro atoms. The lowest BCUT2D eigenvalue weighted by molar-refractivity contribution is -0.127. The summed E-state index contributed by atoms with van der Waals surface area (Å²) in [6, 6.07) is 6.19. The normalized spacial score (nSPS) is 10.4. The van der Waals surface area contributed by atoms with Gasteiger partial charge in [0.05, 0.1) is 6.54 Å². The highest BCUT2D eigenvalue weighted by molar-refractivity contribution is 5.81. The second kappa shape index (κ2) is 7.14. The summed E-state index contributed by atoms with van der Waals surface area (Å²) in [6.45, 7) is 6.03. The van der Waals surface area contributed by atoms with E-state index in [4.69, 9.17) is 5.73 Å². The first kappa shape index (κ1) is 15.5. The van der Waals surface area contributed by atoms with Crippen LogP contribution in [0.25, 0.3) is 0 Å². The Labute approximate surface area is 116 Å². The van der Waals surface area contributed by atoms with Crippen LogP contribution < -0.4 is 10.6 Å². The Hall–Kier alpha value is -1.55. The molecule has 0 radical (unpaired) electrons. The van der Waals surface area contributed by atoms with Crippen molar-refractivity contribution < 1.29 is 4.79 Å². The molecule has 1 rings (SSSR count). The minimum absolute atomic E-state index is 0.121. The summed E-state index contributed by atoms with van der Waals surface area (Å²) in [7, 11) is 3.58. The molecule has 1 aromatic carbocycles. The van der Waals surface area contributed by atoms with E-state index in [0.717, 1.165) is 24.2 Å². The number of hydrogen-bond donors (Lipinski definition) is 1. The van der Waals surface area contributed by atoms with Crippen molar-refractivity contribution in [3.05, 3.63) is 29.3 Å². The van der Waals surface area contributed by atoms with E-state index >= 15 is 0 Å². The lowest BCUT2D eigenvalue weighted by atomic mass is 10.1. The van der Waals surface area contributed by atoms with Crippen molar-refractivity contribution in [2.75, 3.05) is 32.1 Å². The van der Waals surface area contributed by atoms with Gasteiger partial charge in [0.15, 0.2) is 0 Å². The van der Waals surface area contributed by atoms with E-state index < -0.39 is 0 Å². The molecule has 0 saturated heterocycles. The maximum Gasteiger partial charge on any atom is 0.241 e. The van der Waals surface area contributed by atoms with Crippen LogP contribution in [0.4, 0.5) is 5.69 Å². The molecule has 19 heavy (non-hydrogen) atoms. The van der Waals surface area contributed by atoms with Crippen molar-refractivity contribution in [2.24, 2.45) is 5.73 Å². The molecule has 1 aromatic rings. The first-order valence-electron chi connectivity index (χ1n) is 6.74. The lowest BCUT2D eigenvalue weighted by Gasteiger charge is -2.27. The molecular formula is C15H25N3O. The SMILES string of the molecule is CCCN(CC(=O)N(C)C)c1ccc(CN)cc1C. The third kappa shape index (κ3) is 4.24. The van der Waals surface area contributed by atoms with Gasteiger partial charge in [-0.25, -0.2) is 0 Å². The van der Waals surface area contributed by atoms with E-state index in [9.17, 15) is 4.79 Å². The highest BCUT2D eigenvalue weighted by Gasteiger charge is 2.14. The average Bonchev–Trinajstić information content (AvgIpc) is 2.37. The zero-order chi connectivity index (χ0) is 14.4. The number of carbonyl (C=O) groups is 1. The molecule has 0 atom stereocenters. The second-order valence-electron chi connectivity index (χ2n) is 5.03. The van der Waals surface area contributed by atoms with E-state index in [1.54, 1.807) is 19.0 Å². The van der Waals surface area contributed by atoms with Crippen molar-refractivity contribution in [3.8, 4) is 0 Å². The van der Waals surface area contributed by atoms with Gasteiger partial charge in [0.1, 0.15) is 0 Å². The van der Waals surface area contributed by atoms with Crippen LogP contribution in [-0.2, 0) is 11.3 Å². The fraction of sp³-hybridized carbons (Fsp3) is 0.533. The number of likely N-dealkylation sites (N-methyl/N-ethyl adjacent to an activating group) is 1. The number of benzene rings is 1. The van der Waals surface area contributed by atoms with Gasteiger partial charge in [0.2, 0.25) is 5.91 Å². The summed E-state index contributed by atoms with van der Waals surface area (Å²) in [4.78, 5) is 15.7. The summed E-state index contributed by atoms with van der Waals surface area (Å²) in [6.07, 6.45) is 1.01. The molecule has 0 bridgehead atoms. The molecule has 4 heteroatoms. The van der Waals surface area contributed by atoms with Gasteiger partial charge in [-0.1, -0.05) is 19.1 Å². The number of rotatable bonds is 6. The first-order valence-corrected chi connectivity index (χ1v) is 6.74. The van der Waals surface area contributed by atoms with Gasteiger partial charge in [-0.15, -0.1) is 0 Å². The van der Waals surface area contributed by atoms with Crippen LogP contribution in [0.1, 0.15) is 24.5 Å². The van der Waals surface area contributed by atoms with E-state index in [1.807, 2.05) is 6.07 Å². The smallest absolute Gasteiger partial charge is 0.241 e. The maximum atomic E-state index is 11.9. The van der Waals surface area contributed by atoms with E-state index in [2.05, 4.69) is 30.9 Å². The largest absolute Gasteiger partial charge is 0.362 e. The average molecular weight is 263 g/mol. The monoisotopic (exact) mass is 263 g/mol. The summed E-state index contributed by atoms with van der Waals surface area (Å²) in [5.41, 5.74) is 9.06. The minimum Gasteiger partial charge on any atom is -0.362 e. The highest BCUT2D eigenvalue weighted by atomic mass is 16.2. The molecule has 0 saturated carbocycles. The van der Waals surface area contributed by atoms with Crippen molar-refractivity contribution in [2.45, 2.75) is 26.8 Å². The van der Waals surface area contributed by atoms with E-state index in [-0.39, 0.29) is 5.91 Å². The van der Waals surface area contributed by atoms with Crippen molar-refractivity contribution in [1.82, 2.24) is 4.90 Å². The standard InChI is InChI=1S/C15H25N3O/c1-5-8-18(11-15(19)17(3)4)14-7-6-13(10-16)9-12(14)2/h6-7,9H,5,8,10-11,16H2,1-4H3. The Bertz CT molecular complexity index is 429. The van der Waals surface area contributed by atoms with Crippen LogP contribution in [0.3, 0.4) is 0 Å². The molecule has 0 heterocycles. The fourth-order valence-corrected chi connectivity index (χ4v) is 2.06. The molecular weight excluding hydrogens is 238 g/mol. The van der Waals surface area contributed by atoms with E-state index in [0.29, 0.717) is 13.1 Å². The molecule has 1 amide bonds. The molecule has 0 aliphatic rings. The van der Waals surface area contributed by atoms with E-state index in [1.165, 1.54) is 5.56 Å². The zero-order valence-electron chi connectivity index (χ0n) is 12.4. The zero-order valence-corrected chi connectivity index (χ0v) is 12.4. The molecule has 106 valence electrons. The first-order chi connectivity index (χ1) is 8.99. The summed E-state index contributed by atoms with van der Waals surface area (Å²) < 4.78 is 0. The highest BCUT2D eigenvalue weighted by Crippen LogP contribution is 2.21. The third-order valence-corrected chi connectivity index (χ3v) is 3.16. The van der Waals surface area contributed by atoms with Gasteiger partial charge in [-0.3, -0.25) is 4.79 Å². The molecule has 0 aliphatic heterocycles. The van der Waals surface area contributed by atoms with Gasteiger partial charge in [-0.05, 0) is 30.5 Å². The van der Waals surface area contributed by atoms with Crippen LogP contribution in [-0.4, -0.2) is 38.0 Å². The molecule has 2 N–H and O–H groups in total. The van der Waals surface area contributed by atoms with Crippen molar-refractivity contribution in [1.29, 1.82) is 0 Å². The topological polar surface area (TPSA) is 49.6 Å². The Morgan fingerprint density at radius 3 is 2.47 bits per heavy atom. The number of amides is 1. The van der Waals surface area contributed by atoms with Gasteiger partial charge < -0.3 is 15.5 Å². The number of nitrogens with two attached hydrogens (primary N) is 1. The molecule has 0 aliphatic carbocycles. The summed E-state index contributed by atoms with van der Waals surface area (Å²) >= 11 is 0. The molecule has 0 fully saturated rings. The Morgan fingerprint density at radius 1 is 1.32 bits per heavy atom. The van der Waals surface area contributed by atoms with Crippen LogP contribution in [0.5, 0.6) is 0 Å². The number of aryl methyl sites for hydroxylation is 1. The Kier molecular flexibility index (Phi) is 5.83. The Morgan fingerprint density at radius 2 is 2.00 bits per heavy atom. The van der Waals surface area contributed by atoms with Crippen molar-refractivity contribution >= 4 is 11.6 Å². The van der Waals surface area contributed by atoms with Gasteiger partial charge in [0.25, 0.3) is 0 Å². The number of carbonyl (C=O) groups excluding carboxylic acids is 1. The fourth-order valence-electron chi connectivity index (χ4n) is 2.06.